The van der Waals surface area contributed by atoms with Crippen molar-refractivity contribution in [2.75, 3.05) is 13.7 Å². The Labute approximate surface area is 134 Å². The zero-order valence-corrected chi connectivity index (χ0v) is 13.2. The van der Waals surface area contributed by atoms with E-state index in [1.54, 1.807) is 18.2 Å². The fourth-order valence-corrected chi connectivity index (χ4v) is 3.24. The van der Waals surface area contributed by atoms with Gasteiger partial charge in [-0.05, 0) is 18.9 Å². The topological polar surface area (TPSA) is 75.6 Å². The maximum absolute atomic E-state index is 14.2. The summed E-state index contributed by atoms with van der Waals surface area (Å²) in [5.41, 5.74) is -0.627. The molecule has 1 aliphatic rings. The second kappa shape index (κ2) is 7.55. The Morgan fingerprint density at radius 3 is 2.57 bits per heavy atom. The quantitative estimate of drug-likeness (QED) is 0.807. The van der Waals surface area contributed by atoms with E-state index in [1.165, 1.54) is 13.2 Å². The van der Waals surface area contributed by atoms with Crippen molar-refractivity contribution >= 4 is 11.9 Å². The van der Waals surface area contributed by atoms with Gasteiger partial charge in [0, 0.05) is 25.7 Å². The van der Waals surface area contributed by atoms with E-state index in [2.05, 4.69) is 5.32 Å². The number of halogens is 1. The van der Waals surface area contributed by atoms with Crippen LogP contribution in [-0.4, -0.2) is 36.7 Å². The zero-order valence-electron chi connectivity index (χ0n) is 13.2. The maximum Gasteiger partial charge on any atom is 0.326 e. The molecule has 126 valence electrons. The van der Waals surface area contributed by atoms with Gasteiger partial charge in [0.25, 0.3) is 0 Å². The fraction of sp³-hybridized carbons (Fsp3) is 0.529. The number of rotatable bonds is 7. The number of carboxylic acids is 1. The average Bonchev–Trinajstić information content (AvgIpc) is 3.02. The van der Waals surface area contributed by atoms with E-state index in [0.29, 0.717) is 18.4 Å². The molecular formula is C17H22FNO4. The Kier molecular flexibility index (Phi) is 5.71. The van der Waals surface area contributed by atoms with Crippen LogP contribution < -0.4 is 5.32 Å². The minimum absolute atomic E-state index is 0.172. The summed E-state index contributed by atoms with van der Waals surface area (Å²) in [6.07, 6.45) is 2.85. The third-order valence-corrected chi connectivity index (χ3v) is 4.50. The van der Waals surface area contributed by atoms with Crippen LogP contribution in [-0.2, 0) is 19.7 Å². The highest BCUT2D eigenvalue weighted by Gasteiger charge is 2.45. The molecule has 2 rings (SSSR count). The van der Waals surface area contributed by atoms with Crippen LogP contribution in [0.15, 0.2) is 24.3 Å². The summed E-state index contributed by atoms with van der Waals surface area (Å²) in [6.45, 7) is 0.226. The van der Waals surface area contributed by atoms with Gasteiger partial charge in [-0.1, -0.05) is 31.0 Å². The molecule has 6 heteroatoms. The third-order valence-electron chi connectivity index (χ3n) is 4.50. The molecule has 0 heterocycles. The molecule has 1 aromatic carbocycles. The van der Waals surface area contributed by atoms with E-state index in [4.69, 9.17) is 4.74 Å². The first-order valence-electron chi connectivity index (χ1n) is 7.79. The number of hydrogen-bond donors (Lipinski definition) is 2. The molecule has 23 heavy (non-hydrogen) atoms. The Morgan fingerprint density at radius 2 is 2.00 bits per heavy atom. The van der Waals surface area contributed by atoms with Gasteiger partial charge in [0.05, 0.1) is 5.41 Å². The van der Waals surface area contributed by atoms with Crippen LogP contribution in [0.1, 0.15) is 37.7 Å². The Balaban J connectivity index is 2.25. The summed E-state index contributed by atoms with van der Waals surface area (Å²) in [7, 11) is 1.47. The molecule has 2 N–H and O–H groups in total. The Hall–Kier alpha value is -1.95. The Bertz CT molecular complexity index is 569. The molecule has 0 spiro atoms. The Morgan fingerprint density at radius 1 is 1.35 bits per heavy atom. The predicted molar refractivity (Wildman–Crippen MR) is 82.6 cm³/mol. The van der Waals surface area contributed by atoms with Crippen molar-refractivity contribution in [1.29, 1.82) is 0 Å². The molecule has 1 amide bonds. The molecule has 5 nitrogen and oxygen atoms in total. The van der Waals surface area contributed by atoms with Gasteiger partial charge in [-0.3, -0.25) is 4.79 Å². The van der Waals surface area contributed by atoms with E-state index < -0.39 is 29.2 Å². The number of benzene rings is 1. The number of aliphatic carboxylic acids is 1. The summed E-state index contributed by atoms with van der Waals surface area (Å²) in [4.78, 5) is 24.1. The summed E-state index contributed by atoms with van der Waals surface area (Å²) in [5.74, 6) is -1.95. The first kappa shape index (κ1) is 17.4. The second-order valence-electron chi connectivity index (χ2n) is 5.91. The molecule has 1 fully saturated rings. The van der Waals surface area contributed by atoms with Crippen LogP contribution in [0.3, 0.4) is 0 Å². The van der Waals surface area contributed by atoms with Gasteiger partial charge >= 0.3 is 5.97 Å². The van der Waals surface area contributed by atoms with Crippen molar-refractivity contribution < 1.29 is 23.8 Å². The lowest BCUT2D eigenvalue weighted by molar-refractivity contribution is -0.143. The highest BCUT2D eigenvalue weighted by atomic mass is 19.1. The maximum atomic E-state index is 14.2. The SMILES string of the molecule is COCCC(NC(=O)C1(c2ccccc2F)CCCC1)C(=O)O. The second-order valence-corrected chi connectivity index (χ2v) is 5.91. The normalized spacial score (nSPS) is 17.7. The van der Waals surface area contributed by atoms with Gasteiger partial charge in [-0.15, -0.1) is 0 Å². The van der Waals surface area contributed by atoms with Crippen molar-refractivity contribution in [3.05, 3.63) is 35.6 Å². The number of ether oxygens (including phenoxy) is 1. The molecule has 1 aliphatic carbocycles. The number of amides is 1. The summed E-state index contributed by atoms with van der Waals surface area (Å²) >= 11 is 0. The highest BCUT2D eigenvalue weighted by molar-refractivity contribution is 5.91. The smallest absolute Gasteiger partial charge is 0.326 e. The number of methoxy groups -OCH3 is 1. The molecular weight excluding hydrogens is 301 g/mol. The van der Waals surface area contributed by atoms with Gasteiger partial charge < -0.3 is 15.2 Å². The van der Waals surface area contributed by atoms with Gasteiger partial charge in [-0.25, -0.2) is 9.18 Å². The number of carbonyl (C=O) groups excluding carboxylic acids is 1. The van der Waals surface area contributed by atoms with Crippen molar-refractivity contribution in [3.8, 4) is 0 Å². The molecule has 1 saturated carbocycles. The first-order chi connectivity index (χ1) is 11.0. The lowest BCUT2D eigenvalue weighted by Gasteiger charge is -2.30. The van der Waals surface area contributed by atoms with Crippen LogP contribution in [0.5, 0.6) is 0 Å². The number of hydrogen-bond acceptors (Lipinski definition) is 3. The fourth-order valence-electron chi connectivity index (χ4n) is 3.24. The number of carbonyl (C=O) groups is 2. The van der Waals surface area contributed by atoms with Crippen LogP contribution in [0.4, 0.5) is 4.39 Å². The van der Waals surface area contributed by atoms with Crippen LogP contribution in [0, 0.1) is 5.82 Å². The lowest BCUT2D eigenvalue weighted by Crippen LogP contribution is -2.50. The molecule has 0 bridgehead atoms. The van der Waals surface area contributed by atoms with E-state index >= 15 is 0 Å². The molecule has 0 aliphatic heterocycles. The predicted octanol–water partition coefficient (Wildman–Crippen LogP) is 2.24. The van der Waals surface area contributed by atoms with Crippen LogP contribution in [0.25, 0.3) is 0 Å². The summed E-state index contributed by atoms with van der Waals surface area (Å²) in [5, 5.41) is 11.8. The molecule has 0 saturated heterocycles. The largest absolute Gasteiger partial charge is 0.480 e. The minimum Gasteiger partial charge on any atom is -0.480 e. The van der Waals surface area contributed by atoms with E-state index in [-0.39, 0.29) is 13.0 Å². The van der Waals surface area contributed by atoms with Crippen LogP contribution in [0.2, 0.25) is 0 Å². The molecule has 1 aromatic rings. The van der Waals surface area contributed by atoms with E-state index in [1.807, 2.05) is 0 Å². The van der Waals surface area contributed by atoms with Crippen molar-refractivity contribution in [2.45, 2.75) is 43.6 Å². The third kappa shape index (κ3) is 3.69. The molecule has 1 atom stereocenters. The summed E-state index contributed by atoms with van der Waals surface area (Å²) < 4.78 is 19.1. The van der Waals surface area contributed by atoms with E-state index in [0.717, 1.165) is 12.8 Å². The lowest BCUT2D eigenvalue weighted by atomic mass is 9.77. The first-order valence-corrected chi connectivity index (χ1v) is 7.79. The van der Waals surface area contributed by atoms with E-state index in [9.17, 15) is 19.1 Å². The minimum atomic E-state index is -1.11. The van der Waals surface area contributed by atoms with Crippen molar-refractivity contribution in [3.63, 3.8) is 0 Å². The standard InChI is InChI=1S/C17H22FNO4/c1-23-11-8-14(15(20)21)19-16(22)17(9-4-5-10-17)12-6-2-3-7-13(12)18/h2-3,6-7,14H,4-5,8-11H2,1H3,(H,19,22)(H,20,21). The highest BCUT2D eigenvalue weighted by Crippen LogP contribution is 2.42. The van der Waals surface area contributed by atoms with Crippen LogP contribution >= 0.6 is 0 Å². The van der Waals surface area contributed by atoms with Gasteiger partial charge in [-0.2, -0.15) is 0 Å². The molecule has 1 unspecified atom stereocenters. The van der Waals surface area contributed by atoms with Crippen molar-refractivity contribution in [2.24, 2.45) is 0 Å². The monoisotopic (exact) mass is 323 g/mol. The zero-order chi connectivity index (χ0) is 16.9. The van der Waals surface area contributed by atoms with Gasteiger partial charge in [0.15, 0.2) is 0 Å². The summed E-state index contributed by atoms with van der Waals surface area (Å²) in [6, 6.07) is 5.20. The molecule has 0 radical (unpaired) electrons. The number of carboxylic acid groups (broad SMARTS) is 1. The number of nitrogens with one attached hydrogen (secondary N) is 1. The van der Waals surface area contributed by atoms with Gasteiger partial charge in [0.2, 0.25) is 5.91 Å². The average molecular weight is 323 g/mol. The van der Waals surface area contributed by atoms with Crippen molar-refractivity contribution in [1.82, 2.24) is 5.32 Å². The molecule has 0 aromatic heterocycles. The van der Waals surface area contributed by atoms with Gasteiger partial charge in [0.1, 0.15) is 11.9 Å².